The molecular weight excluding hydrogens is 306 g/mol. The maximum atomic E-state index is 12.6. The van der Waals surface area contributed by atoms with E-state index < -0.39 is 5.60 Å². The van der Waals surface area contributed by atoms with Crippen molar-refractivity contribution in [2.75, 3.05) is 53.4 Å². The third kappa shape index (κ3) is 4.06. The average molecular weight is 333 g/mol. The molecule has 0 unspecified atom stereocenters. The van der Waals surface area contributed by atoms with Crippen molar-refractivity contribution in [2.45, 2.75) is 18.6 Å². The molecule has 0 saturated carbocycles. The van der Waals surface area contributed by atoms with Gasteiger partial charge < -0.3 is 19.6 Å². The van der Waals surface area contributed by atoms with Crippen molar-refractivity contribution in [2.24, 2.45) is 0 Å². The molecule has 6 heteroatoms. The molecule has 1 fully saturated rings. The first-order valence-corrected chi connectivity index (χ1v) is 8.53. The summed E-state index contributed by atoms with van der Waals surface area (Å²) in [7, 11) is 3.88. The number of hydrogen-bond acceptors (Lipinski definition) is 5. The number of carbonyl (C=O) groups excluding carboxylic acids is 1. The number of ether oxygens (including phenoxy) is 1. The molecule has 0 radical (unpaired) electrons. The Balaban J connectivity index is 1.58. The molecule has 1 atom stereocenters. The summed E-state index contributed by atoms with van der Waals surface area (Å²) in [6.45, 7) is 4.05. The summed E-state index contributed by atoms with van der Waals surface area (Å²) in [5.41, 5.74) is 0.335. The number of amides is 1. The molecule has 2 heterocycles. The predicted octanol–water partition coefficient (Wildman–Crippen LogP) is 0.406. The van der Waals surface area contributed by atoms with Crippen molar-refractivity contribution in [3.05, 3.63) is 29.8 Å². The van der Waals surface area contributed by atoms with E-state index in [4.69, 9.17) is 4.74 Å². The summed E-state index contributed by atoms with van der Waals surface area (Å²) in [5, 5.41) is 10.6. The number of nitrogens with zero attached hydrogens (tertiary/aromatic N) is 3. The average Bonchev–Trinajstić information content (AvgIpc) is 2.78. The monoisotopic (exact) mass is 333 g/mol. The van der Waals surface area contributed by atoms with E-state index in [0.717, 1.165) is 24.4 Å². The molecule has 1 aromatic carbocycles. The maximum Gasteiger partial charge on any atom is 0.236 e. The van der Waals surface area contributed by atoms with Gasteiger partial charge in [-0.25, -0.2) is 0 Å². The summed E-state index contributed by atoms with van der Waals surface area (Å²) < 4.78 is 5.75. The van der Waals surface area contributed by atoms with Gasteiger partial charge in [-0.15, -0.1) is 0 Å². The van der Waals surface area contributed by atoms with Crippen LogP contribution in [0.4, 0.5) is 0 Å². The number of para-hydroxylation sites is 1. The number of likely N-dealkylation sites (tertiary alicyclic amines) is 1. The number of rotatable bonds is 4. The lowest BCUT2D eigenvalue weighted by atomic mass is 10.0. The number of β-amino-alcohol motifs (C(OH)–C–C–N with tert-alkyl or cyclic N) is 1. The van der Waals surface area contributed by atoms with Crippen molar-refractivity contribution < 1.29 is 14.6 Å². The third-order valence-corrected chi connectivity index (χ3v) is 4.69. The Bertz CT molecular complexity index is 593. The second-order valence-electron chi connectivity index (χ2n) is 7.19. The first-order chi connectivity index (χ1) is 11.5. The fourth-order valence-corrected chi connectivity index (χ4v) is 3.59. The quantitative estimate of drug-likeness (QED) is 0.865. The Morgan fingerprint density at radius 2 is 2.12 bits per heavy atom. The summed E-state index contributed by atoms with van der Waals surface area (Å²) in [6, 6.07) is 7.98. The molecule has 6 nitrogen and oxygen atoms in total. The molecule has 3 rings (SSSR count). The SMILES string of the molecule is CN(C)C[C@]1(O)CCN(C(=O)CN2CCOc3ccccc3C2)C1. The largest absolute Gasteiger partial charge is 0.492 e. The number of hydrogen-bond donors (Lipinski definition) is 1. The predicted molar refractivity (Wildman–Crippen MR) is 91.9 cm³/mol. The van der Waals surface area contributed by atoms with E-state index in [9.17, 15) is 9.90 Å². The van der Waals surface area contributed by atoms with Gasteiger partial charge in [-0.3, -0.25) is 9.69 Å². The van der Waals surface area contributed by atoms with Crippen LogP contribution >= 0.6 is 0 Å². The number of benzene rings is 1. The van der Waals surface area contributed by atoms with Crippen molar-refractivity contribution in [3.8, 4) is 5.75 Å². The highest BCUT2D eigenvalue weighted by Gasteiger charge is 2.38. The minimum Gasteiger partial charge on any atom is -0.492 e. The fraction of sp³-hybridized carbons (Fsp3) is 0.611. The fourth-order valence-electron chi connectivity index (χ4n) is 3.59. The zero-order chi connectivity index (χ0) is 17.2. The molecule has 0 aliphatic carbocycles. The zero-order valence-corrected chi connectivity index (χ0v) is 14.6. The van der Waals surface area contributed by atoms with E-state index in [1.165, 1.54) is 0 Å². The number of fused-ring (bicyclic) bond motifs is 1. The van der Waals surface area contributed by atoms with Crippen LogP contribution in [-0.2, 0) is 11.3 Å². The number of likely N-dealkylation sites (N-methyl/N-ethyl adjacent to an activating group) is 1. The Morgan fingerprint density at radius 3 is 2.92 bits per heavy atom. The first kappa shape index (κ1) is 17.2. The van der Waals surface area contributed by atoms with Crippen LogP contribution in [-0.4, -0.2) is 84.7 Å². The molecule has 1 saturated heterocycles. The van der Waals surface area contributed by atoms with E-state index in [0.29, 0.717) is 39.2 Å². The van der Waals surface area contributed by atoms with Crippen molar-refractivity contribution in [1.82, 2.24) is 14.7 Å². The summed E-state index contributed by atoms with van der Waals surface area (Å²) in [5.74, 6) is 0.998. The first-order valence-electron chi connectivity index (χ1n) is 8.53. The Hall–Kier alpha value is -1.63. The second kappa shape index (κ2) is 7.09. The van der Waals surface area contributed by atoms with Crippen LogP contribution in [0.2, 0.25) is 0 Å². The molecule has 1 aromatic rings. The smallest absolute Gasteiger partial charge is 0.236 e. The molecule has 24 heavy (non-hydrogen) atoms. The summed E-state index contributed by atoms with van der Waals surface area (Å²) in [4.78, 5) is 18.5. The highest BCUT2D eigenvalue weighted by atomic mass is 16.5. The lowest BCUT2D eigenvalue weighted by molar-refractivity contribution is -0.132. The normalized spacial score (nSPS) is 24.6. The van der Waals surface area contributed by atoms with E-state index >= 15 is 0 Å². The van der Waals surface area contributed by atoms with Gasteiger partial charge in [-0.05, 0) is 26.6 Å². The van der Waals surface area contributed by atoms with Gasteiger partial charge in [0, 0.05) is 31.7 Å². The van der Waals surface area contributed by atoms with Gasteiger partial charge in [0.25, 0.3) is 0 Å². The molecule has 0 aromatic heterocycles. The lowest BCUT2D eigenvalue weighted by Crippen LogP contribution is -2.45. The van der Waals surface area contributed by atoms with Crippen LogP contribution in [0.25, 0.3) is 0 Å². The van der Waals surface area contributed by atoms with Crippen LogP contribution in [0.5, 0.6) is 5.75 Å². The highest BCUT2D eigenvalue weighted by molar-refractivity contribution is 5.78. The highest BCUT2D eigenvalue weighted by Crippen LogP contribution is 2.24. The van der Waals surface area contributed by atoms with Gasteiger partial charge in [0.05, 0.1) is 18.7 Å². The molecule has 132 valence electrons. The molecule has 2 aliphatic rings. The molecular formula is C18H27N3O3. The Kier molecular flexibility index (Phi) is 5.08. The van der Waals surface area contributed by atoms with Crippen LogP contribution in [0.3, 0.4) is 0 Å². The van der Waals surface area contributed by atoms with Gasteiger partial charge in [0.1, 0.15) is 12.4 Å². The lowest BCUT2D eigenvalue weighted by Gasteiger charge is -2.27. The van der Waals surface area contributed by atoms with Gasteiger partial charge >= 0.3 is 0 Å². The molecule has 1 amide bonds. The topological polar surface area (TPSA) is 56.2 Å². The van der Waals surface area contributed by atoms with Gasteiger partial charge in [-0.1, -0.05) is 18.2 Å². The van der Waals surface area contributed by atoms with Gasteiger partial charge in [-0.2, -0.15) is 0 Å². The van der Waals surface area contributed by atoms with Gasteiger partial charge in [0.2, 0.25) is 5.91 Å². The van der Waals surface area contributed by atoms with Crippen LogP contribution in [0.15, 0.2) is 24.3 Å². The van der Waals surface area contributed by atoms with Crippen molar-refractivity contribution >= 4 is 5.91 Å². The summed E-state index contributed by atoms with van der Waals surface area (Å²) in [6.07, 6.45) is 0.642. The van der Waals surface area contributed by atoms with E-state index in [2.05, 4.69) is 4.90 Å². The van der Waals surface area contributed by atoms with Crippen molar-refractivity contribution in [1.29, 1.82) is 0 Å². The maximum absolute atomic E-state index is 12.6. The van der Waals surface area contributed by atoms with E-state index in [1.807, 2.05) is 43.3 Å². The number of aliphatic hydroxyl groups is 1. The van der Waals surface area contributed by atoms with E-state index in [-0.39, 0.29) is 5.91 Å². The molecule has 2 aliphatic heterocycles. The molecule has 0 spiro atoms. The second-order valence-corrected chi connectivity index (χ2v) is 7.19. The van der Waals surface area contributed by atoms with Crippen LogP contribution < -0.4 is 4.74 Å². The van der Waals surface area contributed by atoms with Crippen LogP contribution in [0, 0.1) is 0 Å². The minimum atomic E-state index is -0.784. The number of carbonyl (C=O) groups is 1. The Morgan fingerprint density at radius 1 is 1.33 bits per heavy atom. The minimum absolute atomic E-state index is 0.0871. The third-order valence-electron chi connectivity index (χ3n) is 4.69. The zero-order valence-electron chi connectivity index (χ0n) is 14.6. The molecule has 0 bridgehead atoms. The summed E-state index contributed by atoms with van der Waals surface area (Å²) >= 11 is 0. The van der Waals surface area contributed by atoms with Gasteiger partial charge in [0.15, 0.2) is 0 Å². The van der Waals surface area contributed by atoms with Crippen molar-refractivity contribution in [3.63, 3.8) is 0 Å². The van der Waals surface area contributed by atoms with Crippen LogP contribution in [0.1, 0.15) is 12.0 Å². The molecule has 1 N–H and O–H groups in total. The standard InChI is InChI=1S/C18H27N3O3/c1-19(2)13-18(23)7-8-21(14-18)17(22)12-20-9-10-24-16-6-4-3-5-15(16)11-20/h3-6,23H,7-14H2,1-2H3/t18-/m1/s1. The van der Waals surface area contributed by atoms with E-state index in [1.54, 1.807) is 4.90 Å². The Labute approximate surface area is 143 Å².